The molecular weight excluding hydrogens is 537 g/mol. The number of anilines is 4. The average molecular weight is 574 g/mol. The highest BCUT2D eigenvalue weighted by atomic mass is 19.1. The molecule has 0 bridgehead atoms. The van der Waals surface area contributed by atoms with Crippen molar-refractivity contribution in [2.45, 2.75) is 37.6 Å². The minimum absolute atomic E-state index is 0.0221. The number of carbonyl (C=O) groups is 2. The van der Waals surface area contributed by atoms with E-state index in [2.05, 4.69) is 42.4 Å². The van der Waals surface area contributed by atoms with Gasteiger partial charge in [-0.15, -0.1) is 0 Å². The zero-order chi connectivity index (χ0) is 29.2. The maximum Gasteiger partial charge on any atom is 0.271 e. The number of nitrogens with one attached hydrogen (secondary N) is 2. The zero-order valence-corrected chi connectivity index (χ0v) is 23.7. The molecule has 0 radical (unpaired) electrons. The first-order valence-electron chi connectivity index (χ1n) is 14.5. The third-order valence-electron chi connectivity index (χ3n) is 8.20. The number of nitrogens with zero attached hydrogens (tertiary/aromatic N) is 6. The molecule has 12 heteroatoms. The summed E-state index contributed by atoms with van der Waals surface area (Å²) in [4.78, 5) is 45.2. The smallest absolute Gasteiger partial charge is 0.271 e. The van der Waals surface area contributed by atoms with Gasteiger partial charge in [0.05, 0.1) is 23.6 Å². The Morgan fingerprint density at radius 3 is 2.45 bits per heavy atom. The van der Waals surface area contributed by atoms with Crippen LogP contribution in [0.4, 0.5) is 27.5 Å². The largest absolute Gasteiger partial charge is 0.364 e. The van der Waals surface area contributed by atoms with Crippen molar-refractivity contribution < 1.29 is 14.0 Å². The average Bonchev–Trinajstić information content (AvgIpc) is 3.84. The lowest BCUT2D eigenvalue weighted by molar-refractivity contribution is 0.0927. The number of amides is 2. The van der Waals surface area contributed by atoms with Crippen molar-refractivity contribution in [3.05, 3.63) is 65.4 Å². The number of primary amides is 1. The van der Waals surface area contributed by atoms with Crippen LogP contribution in [0.5, 0.6) is 0 Å². The van der Waals surface area contributed by atoms with Crippen molar-refractivity contribution >= 4 is 35.0 Å². The molecule has 1 aromatic carbocycles. The van der Waals surface area contributed by atoms with Gasteiger partial charge >= 0.3 is 0 Å². The normalized spacial score (nSPS) is 19.4. The van der Waals surface area contributed by atoms with E-state index in [1.54, 1.807) is 12.3 Å². The van der Waals surface area contributed by atoms with E-state index in [4.69, 9.17) is 5.73 Å². The minimum atomic E-state index is -0.697. The van der Waals surface area contributed by atoms with Gasteiger partial charge in [0.2, 0.25) is 0 Å². The Hall–Kier alpha value is -4.32. The molecule has 220 valence electrons. The number of piperazine rings is 1. The summed E-state index contributed by atoms with van der Waals surface area (Å²) in [6.07, 6.45) is 6.92. The second-order valence-electron chi connectivity index (χ2n) is 11.4. The van der Waals surface area contributed by atoms with Crippen LogP contribution in [0.1, 0.15) is 58.0 Å². The Morgan fingerprint density at radius 1 is 0.952 bits per heavy atom. The summed E-state index contributed by atoms with van der Waals surface area (Å²) in [5.41, 5.74) is 7.29. The molecule has 3 aromatic rings. The molecule has 42 heavy (non-hydrogen) atoms. The fraction of sp³-hybridized carbons (Fsp3) is 0.433. The van der Waals surface area contributed by atoms with Crippen LogP contribution in [-0.4, -0.2) is 84.0 Å². The molecule has 6 rings (SSSR count). The monoisotopic (exact) mass is 573 g/mol. The molecule has 2 aliphatic heterocycles. The van der Waals surface area contributed by atoms with Gasteiger partial charge in [-0.05, 0) is 68.5 Å². The maximum absolute atomic E-state index is 14.7. The summed E-state index contributed by atoms with van der Waals surface area (Å²) in [5.74, 6) is 0.482. The number of hydrogen-bond donors (Lipinski definition) is 3. The van der Waals surface area contributed by atoms with Crippen LogP contribution in [0.15, 0.2) is 42.7 Å². The second kappa shape index (κ2) is 11.9. The highest BCUT2D eigenvalue weighted by Gasteiger charge is 2.27. The Balaban J connectivity index is 1.13. The highest BCUT2D eigenvalue weighted by Crippen LogP contribution is 2.40. The number of pyridine rings is 1. The first-order chi connectivity index (χ1) is 20.3. The summed E-state index contributed by atoms with van der Waals surface area (Å²) < 4.78 is 14.7. The fourth-order valence-electron chi connectivity index (χ4n) is 5.57. The predicted octanol–water partition coefficient (Wildman–Crippen LogP) is 2.88. The van der Waals surface area contributed by atoms with E-state index in [9.17, 15) is 14.0 Å². The summed E-state index contributed by atoms with van der Waals surface area (Å²) in [6.45, 7) is 4.96. The molecule has 1 saturated carbocycles. The first kappa shape index (κ1) is 27.8. The molecule has 4 N–H and O–H groups in total. The number of rotatable bonds is 8. The molecule has 2 aromatic heterocycles. The predicted molar refractivity (Wildman–Crippen MR) is 159 cm³/mol. The van der Waals surface area contributed by atoms with E-state index in [0.717, 1.165) is 63.2 Å². The number of nitrogens with two attached hydrogens (primary N) is 1. The van der Waals surface area contributed by atoms with Gasteiger partial charge in [0.25, 0.3) is 11.8 Å². The standard InChI is InChI=1S/C30H36FN9O2/c1-38-11-13-39(14-12-38)25-9-7-21(16-33-25)35-29-27(28(32)41)34-17-26(37-29)40-10-2-3-22(18-40)36-30(42)23-8-6-20(15-24(23)31)19-4-5-19/h6-9,15-17,19,22H,2-5,10-14,18H2,1H3,(H2,32,41)(H,35,37)(H,36,42)/t22-/m1/s1. The lowest BCUT2D eigenvalue weighted by atomic mass is 10.0. The third-order valence-corrected chi connectivity index (χ3v) is 8.20. The first-order valence-corrected chi connectivity index (χ1v) is 14.5. The maximum atomic E-state index is 14.7. The van der Waals surface area contributed by atoms with Gasteiger partial charge in [0.1, 0.15) is 17.5 Å². The second-order valence-corrected chi connectivity index (χ2v) is 11.4. The molecule has 2 amide bonds. The van der Waals surface area contributed by atoms with Gasteiger partial charge < -0.3 is 31.1 Å². The lowest BCUT2D eigenvalue weighted by Gasteiger charge is -2.34. The van der Waals surface area contributed by atoms with Crippen LogP contribution in [0.3, 0.4) is 0 Å². The summed E-state index contributed by atoms with van der Waals surface area (Å²) in [6, 6.07) is 8.55. The molecule has 11 nitrogen and oxygen atoms in total. The van der Waals surface area contributed by atoms with Crippen LogP contribution < -0.4 is 26.2 Å². The number of likely N-dealkylation sites (N-methyl/N-ethyl adjacent to an activating group) is 1. The highest BCUT2D eigenvalue weighted by molar-refractivity contribution is 5.96. The number of benzene rings is 1. The minimum Gasteiger partial charge on any atom is -0.364 e. The number of aromatic nitrogens is 3. The van der Waals surface area contributed by atoms with Gasteiger partial charge in [-0.3, -0.25) is 9.59 Å². The van der Waals surface area contributed by atoms with Crippen LogP contribution in [0.2, 0.25) is 0 Å². The van der Waals surface area contributed by atoms with E-state index in [-0.39, 0.29) is 23.1 Å². The molecule has 3 aliphatic rings. The topological polar surface area (TPSA) is 133 Å². The van der Waals surface area contributed by atoms with Crippen LogP contribution in [-0.2, 0) is 0 Å². The van der Waals surface area contributed by atoms with E-state index >= 15 is 0 Å². The molecule has 2 saturated heterocycles. The summed E-state index contributed by atoms with van der Waals surface area (Å²) >= 11 is 0. The van der Waals surface area contributed by atoms with Gasteiger partial charge in [-0.2, -0.15) is 0 Å². The van der Waals surface area contributed by atoms with Crippen molar-refractivity contribution in [1.29, 1.82) is 0 Å². The van der Waals surface area contributed by atoms with Crippen molar-refractivity contribution in [2.75, 3.05) is 61.4 Å². The van der Waals surface area contributed by atoms with E-state index in [1.165, 1.54) is 12.3 Å². The summed E-state index contributed by atoms with van der Waals surface area (Å²) in [7, 11) is 2.11. The van der Waals surface area contributed by atoms with Gasteiger partial charge in [0, 0.05) is 45.3 Å². The van der Waals surface area contributed by atoms with Crippen molar-refractivity contribution in [3.8, 4) is 0 Å². The van der Waals surface area contributed by atoms with E-state index in [0.29, 0.717) is 30.5 Å². The van der Waals surface area contributed by atoms with Gasteiger partial charge in [0.15, 0.2) is 11.5 Å². The molecule has 3 fully saturated rings. The SMILES string of the molecule is CN1CCN(c2ccc(Nc3nc(N4CCC[C@@H](NC(=O)c5ccc(C6CC6)cc5F)C4)cnc3C(N)=O)cn2)CC1. The van der Waals surface area contributed by atoms with Crippen LogP contribution >= 0.6 is 0 Å². The van der Waals surface area contributed by atoms with E-state index < -0.39 is 17.6 Å². The zero-order valence-electron chi connectivity index (χ0n) is 23.7. The Labute approximate surface area is 244 Å². The number of hydrogen-bond acceptors (Lipinski definition) is 9. The number of piperidine rings is 1. The molecule has 1 aliphatic carbocycles. The third kappa shape index (κ3) is 6.28. The van der Waals surface area contributed by atoms with Gasteiger partial charge in [-0.1, -0.05) is 6.07 Å². The van der Waals surface area contributed by atoms with Crippen molar-refractivity contribution in [3.63, 3.8) is 0 Å². The van der Waals surface area contributed by atoms with Crippen LogP contribution in [0, 0.1) is 5.82 Å². The Morgan fingerprint density at radius 2 is 1.76 bits per heavy atom. The quantitative estimate of drug-likeness (QED) is 0.372. The molecule has 4 heterocycles. The Kier molecular flexibility index (Phi) is 7.88. The Bertz CT molecular complexity index is 1460. The van der Waals surface area contributed by atoms with Crippen molar-refractivity contribution in [2.24, 2.45) is 5.73 Å². The van der Waals surface area contributed by atoms with Crippen LogP contribution in [0.25, 0.3) is 0 Å². The molecule has 0 spiro atoms. The fourth-order valence-corrected chi connectivity index (χ4v) is 5.57. The molecular formula is C30H36FN9O2. The molecule has 1 atom stereocenters. The lowest BCUT2D eigenvalue weighted by Crippen LogP contribution is -2.48. The number of carbonyl (C=O) groups excluding carboxylic acids is 2. The van der Waals surface area contributed by atoms with Crippen molar-refractivity contribution in [1.82, 2.24) is 25.2 Å². The van der Waals surface area contributed by atoms with E-state index in [1.807, 2.05) is 23.1 Å². The summed E-state index contributed by atoms with van der Waals surface area (Å²) in [5, 5.41) is 6.14. The number of halogens is 1. The molecule has 0 unspecified atom stereocenters. The van der Waals surface area contributed by atoms with Gasteiger partial charge in [-0.25, -0.2) is 19.3 Å².